The van der Waals surface area contributed by atoms with Crippen LogP contribution in [0.2, 0.25) is 0 Å². The van der Waals surface area contributed by atoms with E-state index >= 15 is 0 Å². The van der Waals surface area contributed by atoms with E-state index in [0.717, 1.165) is 19.0 Å². The third kappa shape index (κ3) is 6.42. The minimum Gasteiger partial charge on any atom is -0.330 e. The highest BCUT2D eigenvalue weighted by atomic mass is 15.1. The molecule has 0 amide bonds. The van der Waals surface area contributed by atoms with Crippen LogP contribution in [0.4, 0.5) is 0 Å². The number of nitrogens with two attached hydrogens (primary N) is 1. The molecule has 1 rings (SSSR count). The van der Waals surface area contributed by atoms with E-state index in [-0.39, 0.29) is 0 Å². The minimum atomic E-state index is 0.636. The maximum atomic E-state index is 5.70. The Bertz CT molecular complexity index is 256. The minimum absolute atomic E-state index is 0.636. The molecule has 2 nitrogen and oxygen atoms in total. The van der Waals surface area contributed by atoms with Crippen LogP contribution in [0.15, 0.2) is 0 Å². The second-order valence-corrected chi connectivity index (χ2v) is 5.72. The Labute approximate surface area is 113 Å². The van der Waals surface area contributed by atoms with E-state index in [1.165, 1.54) is 51.5 Å². The summed E-state index contributed by atoms with van der Waals surface area (Å²) in [5.74, 6) is 8.21. The van der Waals surface area contributed by atoms with Gasteiger partial charge in [-0.2, -0.15) is 0 Å². The second kappa shape index (κ2) is 9.42. The average Bonchev–Trinajstić information content (AvgIpc) is 2.40. The molecule has 0 bridgehead atoms. The van der Waals surface area contributed by atoms with E-state index in [4.69, 9.17) is 5.73 Å². The summed E-state index contributed by atoms with van der Waals surface area (Å²) < 4.78 is 0. The van der Waals surface area contributed by atoms with Crippen LogP contribution in [-0.2, 0) is 0 Å². The molecule has 1 fully saturated rings. The summed E-state index contributed by atoms with van der Waals surface area (Å²) in [5, 5.41) is 0. The van der Waals surface area contributed by atoms with E-state index in [2.05, 4.69) is 30.7 Å². The molecule has 0 aromatic carbocycles. The van der Waals surface area contributed by atoms with Crippen LogP contribution < -0.4 is 5.73 Å². The first kappa shape index (κ1) is 15.5. The predicted molar refractivity (Wildman–Crippen MR) is 79.3 cm³/mol. The highest BCUT2D eigenvalue weighted by Crippen LogP contribution is 2.27. The Kier molecular flexibility index (Phi) is 8.13. The zero-order valence-electron chi connectivity index (χ0n) is 12.3. The highest BCUT2D eigenvalue weighted by Gasteiger charge is 2.18. The van der Waals surface area contributed by atoms with Crippen LogP contribution in [0.1, 0.15) is 51.9 Å². The first-order valence-corrected chi connectivity index (χ1v) is 7.63. The van der Waals surface area contributed by atoms with Crippen LogP contribution in [-0.4, -0.2) is 31.6 Å². The summed E-state index contributed by atoms with van der Waals surface area (Å²) in [7, 11) is 2.18. The molecule has 18 heavy (non-hydrogen) atoms. The third-order valence-electron chi connectivity index (χ3n) is 3.98. The zero-order chi connectivity index (χ0) is 13.2. The fourth-order valence-corrected chi connectivity index (χ4v) is 2.58. The summed E-state index contributed by atoms with van der Waals surface area (Å²) in [5.41, 5.74) is 5.70. The van der Waals surface area contributed by atoms with Gasteiger partial charge in [0.2, 0.25) is 0 Å². The molecular formula is C16H30N2. The standard InChI is InChI=1S/C16H30N2/c1-3-4-5-12-18(2)13-6-7-15-8-10-16(14-17)11-9-15/h15-16H,3-5,8-14,17H2,1-2H3/t15-,16-. The van der Waals surface area contributed by atoms with Crippen LogP contribution in [0.5, 0.6) is 0 Å². The van der Waals surface area contributed by atoms with E-state index in [1.807, 2.05) is 0 Å². The molecule has 0 aromatic rings. The molecule has 1 aliphatic rings. The fraction of sp³-hybridized carbons (Fsp3) is 0.875. The van der Waals surface area contributed by atoms with E-state index in [9.17, 15) is 0 Å². The van der Waals surface area contributed by atoms with Gasteiger partial charge in [-0.1, -0.05) is 31.6 Å². The van der Waals surface area contributed by atoms with Crippen molar-refractivity contribution < 1.29 is 0 Å². The molecule has 1 saturated carbocycles. The van der Waals surface area contributed by atoms with Crippen molar-refractivity contribution in [1.29, 1.82) is 0 Å². The number of hydrogen-bond donors (Lipinski definition) is 1. The lowest BCUT2D eigenvalue weighted by Gasteiger charge is -2.24. The van der Waals surface area contributed by atoms with Gasteiger partial charge in [0, 0.05) is 5.92 Å². The molecule has 0 heterocycles. The molecule has 104 valence electrons. The van der Waals surface area contributed by atoms with Gasteiger partial charge in [-0.05, 0) is 58.2 Å². The Morgan fingerprint density at radius 3 is 2.50 bits per heavy atom. The van der Waals surface area contributed by atoms with Gasteiger partial charge < -0.3 is 5.73 Å². The smallest absolute Gasteiger partial charge is 0.0599 e. The SMILES string of the molecule is CCCCCN(C)CC#C[C@H]1CC[C@H](CN)CC1. The monoisotopic (exact) mass is 250 g/mol. The molecule has 0 aliphatic heterocycles. The molecule has 0 spiro atoms. The Balaban J connectivity index is 2.13. The molecule has 0 saturated heterocycles. The van der Waals surface area contributed by atoms with Gasteiger partial charge in [-0.15, -0.1) is 0 Å². The maximum absolute atomic E-state index is 5.70. The molecule has 0 unspecified atom stereocenters. The van der Waals surface area contributed by atoms with E-state index in [1.54, 1.807) is 0 Å². The summed E-state index contributed by atoms with van der Waals surface area (Å²) >= 11 is 0. The normalized spacial score (nSPS) is 23.8. The Hall–Kier alpha value is -0.520. The van der Waals surface area contributed by atoms with Crippen molar-refractivity contribution in [2.75, 3.05) is 26.7 Å². The second-order valence-electron chi connectivity index (χ2n) is 5.72. The van der Waals surface area contributed by atoms with Gasteiger partial charge in [0.15, 0.2) is 0 Å². The fourth-order valence-electron chi connectivity index (χ4n) is 2.58. The van der Waals surface area contributed by atoms with Crippen LogP contribution in [0.3, 0.4) is 0 Å². The lowest BCUT2D eigenvalue weighted by atomic mass is 9.82. The topological polar surface area (TPSA) is 29.3 Å². The number of hydrogen-bond acceptors (Lipinski definition) is 2. The Morgan fingerprint density at radius 1 is 1.17 bits per heavy atom. The maximum Gasteiger partial charge on any atom is 0.0599 e. The van der Waals surface area contributed by atoms with Gasteiger partial charge in [-0.3, -0.25) is 4.90 Å². The van der Waals surface area contributed by atoms with Crippen molar-refractivity contribution in [3.63, 3.8) is 0 Å². The van der Waals surface area contributed by atoms with Crippen molar-refractivity contribution in [2.45, 2.75) is 51.9 Å². The van der Waals surface area contributed by atoms with Gasteiger partial charge in [0.05, 0.1) is 6.54 Å². The van der Waals surface area contributed by atoms with E-state index < -0.39 is 0 Å². The molecule has 0 radical (unpaired) electrons. The predicted octanol–water partition coefficient (Wildman–Crippen LogP) is 2.88. The average molecular weight is 250 g/mol. The lowest BCUT2D eigenvalue weighted by molar-refractivity contribution is 0.322. The largest absolute Gasteiger partial charge is 0.330 e. The van der Waals surface area contributed by atoms with Crippen molar-refractivity contribution >= 4 is 0 Å². The van der Waals surface area contributed by atoms with Crippen molar-refractivity contribution in [3.8, 4) is 11.8 Å². The van der Waals surface area contributed by atoms with Crippen molar-refractivity contribution in [2.24, 2.45) is 17.6 Å². The summed E-state index contributed by atoms with van der Waals surface area (Å²) in [6.07, 6.45) is 9.01. The first-order valence-electron chi connectivity index (χ1n) is 7.63. The van der Waals surface area contributed by atoms with Crippen molar-refractivity contribution in [3.05, 3.63) is 0 Å². The van der Waals surface area contributed by atoms with Gasteiger partial charge in [0.25, 0.3) is 0 Å². The molecule has 2 heteroatoms. The number of rotatable bonds is 6. The van der Waals surface area contributed by atoms with Gasteiger partial charge >= 0.3 is 0 Å². The highest BCUT2D eigenvalue weighted by molar-refractivity contribution is 5.06. The zero-order valence-corrected chi connectivity index (χ0v) is 12.3. The summed E-state index contributed by atoms with van der Waals surface area (Å²) in [6, 6.07) is 0. The summed E-state index contributed by atoms with van der Waals surface area (Å²) in [4.78, 5) is 2.34. The molecule has 2 N–H and O–H groups in total. The molecular weight excluding hydrogens is 220 g/mol. The summed E-state index contributed by atoms with van der Waals surface area (Å²) in [6.45, 7) is 5.22. The van der Waals surface area contributed by atoms with Gasteiger partial charge in [0.1, 0.15) is 0 Å². The van der Waals surface area contributed by atoms with Crippen LogP contribution >= 0.6 is 0 Å². The van der Waals surface area contributed by atoms with Crippen LogP contribution in [0, 0.1) is 23.7 Å². The lowest BCUT2D eigenvalue weighted by Crippen LogP contribution is -2.21. The van der Waals surface area contributed by atoms with E-state index in [0.29, 0.717) is 5.92 Å². The quantitative estimate of drug-likeness (QED) is 0.580. The number of unbranched alkanes of at least 4 members (excludes halogenated alkanes) is 2. The third-order valence-corrected chi connectivity index (χ3v) is 3.98. The molecule has 1 aliphatic carbocycles. The number of nitrogens with zero attached hydrogens (tertiary/aromatic N) is 1. The van der Waals surface area contributed by atoms with Crippen LogP contribution in [0.25, 0.3) is 0 Å². The van der Waals surface area contributed by atoms with Gasteiger partial charge in [-0.25, -0.2) is 0 Å². The Morgan fingerprint density at radius 2 is 1.89 bits per heavy atom. The first-order chi connectivity index (χ1) is 8.76. The molecule has 0 aromatic heterocycles. The van der Waals surface area contributed by atoms with Crippen molar-refractivity contribution in [1.82, 2.24) is 4.90 Å². The molecule has 0 atom stereocenters.